The van der Waals surface area contributed by atoms with Gasteiger partial charge in [0.2, 0.25) is 0 Å². The largest absolute Gasteiger partial charge is 0.497 e. The number of hydrogen-bond acceptors (Lipinski definition) is 4. The van der Waals surface area contributed by atoms with Crippen molar-refractivity contribution in [2.45, 2.75) is 38.3 Å². The normalized spacial score (nSPS) is 20.0. The molecule has 1 aliphatic rings. The second kappa shape index (κ2) is 6.67. The van der Waals surface area contributed by atoms with Gasteiger partial charge in [0.1, 0.15) is 11.5 Å². The smallest absolute Gasteiger partial charge is 0.123 e. The Kier molecular flexibility index (Phi) is 5.12. The zero-order valence-electron chi connectivity index (χ0n) is 13.9. The summed E-state index contributed by atoms with van der Waals surface area (Å²) in [4.78, 5) is 2.52. The Bertz CT molecular complexity index is 468. The van der Waals surface area contributed by atoms with Crippen LogP contribution in [0.5, 0.6) is 11.5 Å². The lowest BCUT2D eigenvalue weighted by Gasteiger charge is -2.42. The Morgan fingerprint density at radius 2 is 1.86 bits per heavy atom. The van der Waals surface area contributed by atoms with E-state index in [4.69, 9.17) is 9.47 Å². The van der Waals surface area contributed by atoms with Crippen LogP contribution in [0.25, 0.3) is 0 Å². The van der Waals surface area contributed by atoms with Crippen molar-refractivity contribution in [3.05, 3.63) is 23.8 Å². The van der Waals surface area contributed by atoms with Crippen LogP contribution in [0.15, 0.2) is 18.2 Å². The molecule has 0 aromatic heterocycles. The fourth-order valence-corrected chi connectivity index (χ4v) is 3.02. The maximum Gasteiger partial charge on any atom is 0.123 e. The zero-order chi connectivity index (χ0) is 15.5. The lowest BCUT2D eigenvalue weighted by atomic mass is 9.88. The minimum absolute atomic E-state index is 0.273. The molecule has 1 heterocycles. The molecule has 1 N–H and O–H groups in total. The predicted octanol–water partition coefficient (Wildman–Crippen LogP) is 2.84. The molecule has 118 valence electrons. The molecule has 0 spiro atoms. The lowest BCUT2D eigenvalue weighted by molar-refractivity contribution is 0.116. The van der Waals surface area contributed by atoms with Crippen LogP contribution in [0.2, 0.25) is 0 Å². The van der Waals surface area contributed by atoms with Crippen LogP contribution in [-0.4, -0.2) is 44.8 Å². The number of hydrogen-bond donors (Lipinski definition) is 1. The van der Waals surface area contributed by atoms with Crippen LogP contribution in [-0.2, 0) is 0 Å². The number of piperidine rings is 1. The number of ether oxygens (including phenoxy) is 2. The summed E-state index contributed by atoms with van der Waals surface area (Å²) in [5, 5.41) is 3.45. The molecular weight excluding hydrogens is 264 g/mol. The summed E-state index contributed by atoms with van der Waals surface area (Å²) < 4.78 is 10.9. The zero-order valence-corrected chi connectivity index (χ0v) is 13.9. The third-order valence-electron chi connectivity index (χ3n) is 4.94. The number of benzene rings is 1. The van der Waals surface area contributed by atoms with Gasteiger partial charge in [-0.2, -0.15) is 0 Å². The SMILES string of the molecule is CNC1(C)CCN(C(C)c2cc(OC)ccc2OC)CC1. The second-order valence-corrected chi connectivity index (χ2v) is 6.13. The van der Waals surface area contributed by atoms with Gasteiger partial charge >= 0.3 is 0 Å². The summed E-state index contributed by atoms with van der Waals surface area (Å²) in [6.45, 7) is 6.75. The third-order valence-corrected chi connectivity index (χ3v) is 4.94. The van der Waals surface area contributed by atoms with Crippen molar-refractivity contribution in [3.63, 3.8) is 0 Å². The van der Waals surface area contributed by atoms with Crippen LogP contribution in [0.1, 0.15) is 38.3 Å². The molecule has 1 atom stereocenters. The van der Waals surface area contributed by atoms with Crippen molar-refractivity contribution in [1.82, 2.24) is 10.2 Å². The van der Waals surface area contributed by atoms with Gasteiger partial charge in [-0.25, -0.2) is 0 Å². The monoisotopic (exact) mass is 292 g/mol. The molecule has 1 unspecified atom stereocenters. The first kappa shape index (κ1) is 16.1. The molecule has 0 radical (unpaired) electrons. The van der Waals surface area contributed by atoms with E-state index in [-0.39, 0.29) is 5.54 Å². The van der Waals surface area contributed by atoms with Gasteiger partial charge < -0.3 is 14.8 Å². The van der Waals surface area contributed by atoms with Crippen LogP contribution >= 0.6 is 0 Å². The summed E-state index contributed by atoms with van der Waals surface area (Å²) in [6, 6.07) is 6.36. The van der Waals surface area contributed by atoms with Gasteiger partial charge in [-0.1, -0.05) is 0 Å². The molecule has 0 amide bonds. The molecule has 1 aromatic rings. The van der Waals surface area contributed by atoms with E-state index in [0.29, 0.717) is 6.04 Å². The Morgan fingerprint density at radius 1 is 1.19 bits per heavy atom. The highest BCUT2D eigenvalue weighted by Gasteiger charge is 2.31. The van der Waals surface area contributed by atoms with Gasteiger partial charge in [-0.05, 0) is 51.9 Å². The number of nitrogens with zero attached hydrogens (tertiary/aromatic N) is 1. The molecule has 4 heteroatoms. The van der Waals surface area contributed by atoms with Crippen molar-refractivity contribution in [3.8, 4) is 11.5 Å². The summed E-state index contributed by atoms with van der Waals surface area (Å²) >= 11 is 0. The second-order valence-electron chi connectivity index (χ2n) is 6.13. The van der Waals surface area contributed by atoms with E-state index in [1.54, 1.807) is 14.2 Å². The molecule has 1 aromatic carbocycles. The quantitative estimate of drug-likeness (QED) is 0.905. The Hall–Kier alpha value is -1.26. The summed E-state index contributed by atoms with van der Waals surface area (Å²) in [5.41, 5.74) is 1.47. The number of likely N-dealkylation sites (tertiary alicyclic amines) is 1. The molecule has 1 fully saturated rings. The fourth-order valence-electron chi connectivity index (χ4n) is 3.02. The van der Waals surface area contributed by atoms with Crippen molar-refractivity contribution in [2.75, 3.05) is 34.4 Å². The number of nitrogens with one attached hydrogen (secondary N) is 1. The first-order valence-electron chi connectivity index (χ1n) is 7.68. The topological polar surface area (TPSA) is 33.7 Å². The third kappa shape index (κ3) is 3.50. The Morgan fingerprint density at radius 3 is 2.38 bits per heavy atom. The Balaban J connectivity index is 2.15. The highest BCUT2D eigenvalue weighted by Crippen LogP contribution is 2.35. The van der Waals surface area contributed by atoms with Crippen LogP contribution in [0, 0.1) is 0 Å². The van der Waals surface area contributed by atoms with E-state index >= 15 is 0 Å². The molecule has 2 rings (SSSR count). The van der Waals surface area contributed by atoms with Gasteiger partial charge in [-0.3, -0.25) is 4.90 Å². The van der Waals surface area contributed by atoms with Crippen LogP contribution in [0.4, 0.5) is 0 Å². The van der Waals surface area contributed by atoms with Crippen molar-refractivity contribution < 1.29 is 9.47 Å². The molecule has 21 heavy (non-hydrogen) atoms. The van der Waals surface area contributed by atoms with E-state index in [2.05, 4.69) is 37.2 Å². The molecule has 0 bridgehead atoms. The summed E-state index contributed by atoms with van der Waals surface area (Å²) in [6.07, 6.45) is 2.33. The highest BCUT2D eigenvalue weighted by atomic mass is 16.5. The molecule has 0 saturated carbocycles. The van der Waals surface area contributed by atoms with E-state index in [1.807, 2.05) is 12.1 Å². The Labute approximate surface area is 128 Å². The standard InChI is InChI=1S/C17H28N2O2/c1-13(19-10-8-17(2,18-3)9-11-19)15-12-14(20-4)6-7-16(15)21-5/h6-7,12-13,18H,8-11H2,1-5H3. The summed E-state index contributed by atoms with van der Waals surface area (Å²) in [7, 11) is 5.49. The van der Waals surface area contributed by atoms with E-state index in [0.717, 1.165) is 24.6 Å². The molecule has 0 aliphatic carbocycles. The lowest BCUT2D eigenvalue weighted by Crippen LogP contribution is -2.50. The van der Waals surface area contributed by atoms with E-state index < -0.39 is 0 Å². The van der Waals surface area contributed by atoms with Gasteiger partial charge in [0.15, 0.2) is 0 Å². The summed E-state index contributed by atoms with van der Waals surface area (Å²) in [5.74, 6) is 1.82. The van der Waals surface area contributed by atoms with Crippen LogP contribution in [0.3, 0.4) is 0 Å². The van der Waals surface area contributed by atoms with E-state index in [1.165, 1.54) is 18.4 Å². The first-order chi connectivity index (χ1) is 10.0. The number of rotatable bonds is 5. The predicted molar refractivity (Wildman–Crippen MR) is 86.2 cm³/mol. The highest BCUT2D eigenvalue weighted by molar-refractivity contribution is 5.42. The number of methoxy groups -OCH3 is 2. The van der Waals surface area contributed by atoms with Gasteiger partial charge in [0.05, 0.1) is 14.2 Å². The van der Waals surface area contributed by atoms with Crippen molar-refractivity contribution in [1.29, 1.82) is 0 Å². The van der Waals surface area contributed by atoms with Gasteiger partial charge in [0, 0.05) is 30.2 Å². The van der Waals surface area contributed by atoms with Gasteiger partial charge in [0.25, 0.3) is 0 Å². The minimum atomic E-state index is 0.273. The molecule has 1 aliphatic heterocycles. The average Bonchev–Trinajstić information content (AvgIpc) is 2.54. The maximum atomic E-state index is 5.52. The minimum Gasteiger partial charge on any atom is -0.497 e. The average molecular weight is 292 g/mol. The van der Waals surface area contributed by atoms with Crippen LogP contribution < -0.4 is 14.8 Å². The van der Waals surface area contributed by atoms with Crippen molar-refractivity contribution >= 4 is 0 Å². The van der Waals surface area contributed by atoms with Gasteiger partial charge in [-0.15, -0.1) is 0 Å². The molecule has 4 nitrogen and oxygen atoms in total. The maximum absolute atomic E-state index is 5.52. The van der Waals surface area contributed by atoms with E-state index in [9.17, 15) is 0 Å². The fraction of sp³-hybridized carbons (Fsp3) is 0.647. The molecule has 1 saturated heterocycles. The first-order valence-corrected chi connectivity index (χ1v) is 7.68. The molecular formula is C17H28N2O2. The van der Waals surface area contributed by atoms with Crippen molar-refractivity contribution in [2.24, 2.45) is 0 Å².